The van der Waals surface area contributed by atoms with Gasteiger partial charge < -0.3 is 27.3 Å². The predicted octanol–water partition coefficient (Wildman–Crippen LogP) is 1.61. The lowest BCUT2D eigenvalue weighted by molar-refractivity contribution is 0.0996. The summed E-state index contributed by atoms with van der Waals surface area (Å²) in [5.74, 6) is 0.175. The first kappa shape index (κ1) is 19.7. The molecule has 1 unspecified atom stereocenters. The number of hydrogen-bond donors (Lipinski definition) is 4. The molecule has 0 saturated heterocycles. The van der Waals surface area contributed by atoms with Crippen molar-refractivity contribution in [1.82, 2.24) is 0 Å². The van der Waals surface area contributed by atoms with Crippen LogP contribution in [0.3, 0.4) is 0 Å². The number of amides is 2. The fourth-order valence-electron chi connectivity index (χ4n) is 2.89. The Hall–Kier alpha value is -3.04. The third-order valence-electron chi connectivity index (χ3n) is 4.40. The zero-order valence-electron chi connectivity index (χ0n) is 15.3. The normalized spacial score (nSPS) is 18.9. The highest BCUT2D eigenvalue weighted by atomic mass is 32.2. The van der Waals surface area contributed by atoms with Crippen LogP contribution < -0.4 is 27.3 Å². The predicted molar refractivity (Wildman–Crippen MR) is 110 cm³/mol. The van der Waals surface area contributed by atoms with Crippen molar-refractivity contribution in [3.8, 4) is 5.75 Å². The highest BCUT2D eigenvalue weighted by molar-refractivity contribution is 8.13. The topological polar surface area (TPSA) is 146 Å². The summed E-state index contributed by atoms with van der Waals surface area (Å²) in [4.78, 5) is 28.6. The molecule has 7 N–H and O–H groups in total. The fraction of sp³-hybridized carbons (Fsp3) is 0.211. The van der Waals surface area contributed by atoms with Crippen molar-refractivity contribution in [3.63, 3.8) is 0 Å². The Balaban J connectivity index is 1.89. The number of benzene rings is 2. The Bertz CT molecular complexity index is 962. The Labute approximate surface area is 166 Å². The molecule has 28 heavy (non-hydrogen) atoms. The van der Waals surface area contributed by atoms with Gasteiger partial charge in [0.15, 0.2) is 5.17 Å². The molecular weight excluding hydrogens is 378 g/mol. The van der Waals surface area contributed by atoms with Crippen LogP contribution in [-0.4, -0.2) is 29.8 Å². The molecule has 0 aromatic heterocycles. The second kappa shape index (κ2) is 7.91. The van der Waals surface area contributed by atoms with E-state index >= 15 is 0 Å². The first-order chi connectivity index (χ1) is 13.3. The van der Waals surface area contributed by atoms with Crippen LogP contribution in [0.4, 0.5) is 5.69 Å². The second-order valence-corrected chi connectivity index (χ2v) is 7.40. The van der Waals surface area contributed by atoms with Gasteiger partial charge in [0.05, 0.1) is 12.8 Å². The summed E-state index contributed by atoms with van der Waals surface area (Å²) >= 11 is 1.45. The van der Waals surface area contributed by atoms with Gasteiger partial charge in [-0.15, -0.1) is 0 Å². The number of aliphatic imine (C=N–C) groups is 1. The molecule has 9 heteroatoms. The number of hydrogen-bond acceptors (Lipinski definition) is 7. The molecule has 3 rings (SSSR count). The van der Waals surface area contributed by atoms with E-state index in [-0.39, 0.29) is 11.5 Å². The molecule has 0 aliphatic carbocycles. The van der Waals surface area contributed by atoms with Gasteiger partial charge in [-0.2, -0.15) is 0 Å². The molecule has 1 heterocycles. The number of methoxy groups -OCH3 is 1. The van der Waals surface area contributed by atoms with Crippen molar-refractivity contribution in [3.05, 3.63) is 59.2 Å². The van der Waals surface area contributed by atoms with Crippen LogP contribution in [0.5, 0.6) is 5.75 Å². The van der Waals surface area contributed by atoms with Crippen molar-refractivity contribution in [2.24, 2.45) is 22.2 Å². The first-order valence-electron chi connectivity index (χ1n) is 8.49. The van der Waals surface area contributed by atoms with E-state index in [1.54, 1.807) is 24.3 Å². The van der Waals surface area contributed by atoms with Crippen LogP contribution in [0.25, 0.3) is 0 Å². The lowest BCUT2D eigenvalue weighted by Gasteiger charge is -2.29. The van der Waals surface area contributed by atoms with Gasteiger partial charge in [-0.05, 0) is 42.3 Å². The molecule has 1 atom stereocenters. The van der Waals surface area contributed by atoms with Crippen LogP contribution in [0, 0.1) is 0 Å². The van der Waals surface area contributed by atoms with Gasteiger partial charge in [0, 0.05) is 16.9 Å². The van der Waals surface area contributed by atoms with E-state index in [1.807, 2.05) is 6.07 Å². The van der Waals surface area contributed by atoms with Gasteiger partial charge in [-0.1, -0.05) is 23.9 Å². The number of nitrogens with one attached hydrogen (secondary N) is 1. The monoisotopic (exact) mass is 399 g/mol. The van der Waals surface area contributed by atoms with Crippen molar-refractivity contribution in [1.29, 1.82) is 0 Å². The Morgan fingerprint density at radius 3 is 2.68 bits per heavy atom. The minimum absolute atomic E-state index is 0.260. The van der Waals surface area contributed by atoms with Crippen LogP contribution in [0.2, 0.25) is 0 Å². The Morgan fingerprint density at radius 1 is 1.21 bits per heavy atom. The summed E-state index contributed by atoms with van der Waals surface area (Å²) < 4.78 is 5.24. The molecule has 0 bridgehead atoms. The van der Waals surface area contributed by atoms with Crippen LogP contribution >= 0.6 is 11.8 Å². The zero-order chi connectivity index (χ0) is 20.3. The van der Waals surface area contributed by atoms with Crippen LogP contribution in [-0.2, 0) is 5.66 Å². The maximum Gasteiger partial charge on any atom is 0.255 e. The number of carbonyl (C=O) groups is 2. The van der Waals surface area contributed by atoms with Gasteiger partial charge in [-0.3, -0.25) is 9.59 Å². The molecule has 1 aliphatic rings. The minimum atomic E-state index is -0.963. The SMILES string of the molecule is COc1ccc(C(N)=O)cc1NC(=O)c1cccc(C2(N)CCSC(N)=N2)c1. The average molecular weight is 399 g/mol. The smallest absolute Gasteiger partial charge is 0.255 e. The molecule has 2 aromatic carbocycles. The quantitative estimate of drug-likeness (QED) is 0.601. The number of nitrogens with zero attached hydrogens (tertiary/aromatic N) is 1. The van der Waals surface area contributed by atoms with Crippen molar-refractivity contribution in [2.75, 3.05) is 18.2 Å². The molecule has 0 saturated carbocycles. The van der Waals surface area contributed by atoms with Gasteiger partial charge >= 0.3 is 0 Å². The number of thioether (sulfide) groups is 1. The highest BCUT2D eigenvalue weighted by Gasteiger charge is 2.30. The number of anilines is 1. The molecule has 0 spiro atoms. The number of rotatable bonds is 5. The lowest BCUT2D eigenvalue weighted by atomic mass is 9.96. The van der Waals surface area contributed by atoms with Crippen LogP contribution in [0.15, 0.2) is 47.5 Å². The molecule has 0 fully saturated rings. The number of primary amides is 1. The molecule has 1 aliphatic heterocycles. The molecule has 8 nitrogen and oxygen atoms in total. The van der Waals surface area contributed by atoms with Gasteiger partial charge in [0.25, 0.3) is 5.91 Å². The van der Waals surface area contributed by atoms with Gasteiger partial charge in [0.1, 0.15) is 11.4 Å². The number of amidine groups is 1. The average Bonchev–Trinajstić information content (AvgIpc) is 2.67. The zero-order valence-corrected chi connectivity index (χ0v) is 16.1. The van der Waals surface area contributed by atoms with E-state index in [4.69, 9.17) is 21.9 Å². The summed E-state index contributed by atoms with van der Waals surface area (Å²) in [6, 6.07) is 11.5. The van der Waals surface area contributed by atoms with E-state index < -0.39 is 11.6 Å². The van der Waals surface area contributed by atoms with Crippen molar-refractivity contribution < 1.29 is 14.3 Å². The summed E-state index contributed by atoms with van der Waals surface area (Å²) in [6.07, 6.45) is 0.609. The maximum atomic E-state index is 12.8. The number of carbonyl (C=O) groups excluding carboxylic acids is 2. The first-order valence-corrected chi connectivity index (χ1v) is 9.48. The van der Waals surface area contributed by atoms with Crippen LogP contribution in [0.1, 0.15) is 32.7 Å². The summed E-state index contributed by atoms with van der Waals surface area (Å²) in [6.45, 7) is 0. The molecule has 2 aromatic rings. The van der Waals surface area contributed by atoms with E-state index in [0.717, 1.165) is 5.75 Å². The van der Waals surface area contributed by atoms with Crippen molar-refractivity contribution in [2.45, 2.75) is 12.1 Å². The largest absolute Gasteiger partial charge is 0.495 e. The van der Waals surface area contributed by atoms with E-state index in [1.165, 1.54) is 31.0 Å². The van der Waals surface area contributed by atoms with E-state index in [2.05, 4.69) is 10.3 Å². The Morgan fingerprint density at radius 2 is 2.00 bits per heavy atom. The van der Waals surface area contributed by atoms with E-state index in [9.17, 15) is 9.59 Å². The lowest BCUT2D eigenvalue weighted by Crippen LogP contribution is -2.40. The summed E-state index contributed by atoms with van der Waals surface area (Å²) in [5.41, 5.74) is 18.3. The molecule has 146 valence electrons. The maximum absolute atomic E-state index is 12.8. The molecule has 2 amide bonds. The van der Waals surface area contributed by atoms with Crippen molar-refractivity contribution >= 4 is 34.4 Å². The standard InChI is InChI=1S/C19H21N5O3S/c1-27-15-6-5-11(16(20)25)10-14(15)23-17(26)12-3-2-4-13(9-12)19(22)7-8-28-18(21)24-19/h2-6,9-10H,7-8,22H2,1H3,(H2,20,25)(H2,21,24)(H,23,26). The summed E-state index contributed by atoms with van der Waals surface area (Å²) in [5, 5.41) is 3.17. The Kier molecular flexibility index (Phi) is 5.57. The summed E-state index contributed by atoms with van der Waals surface area (Å²) in [7, 11) is 1.47. The van der Waals surface area contributed by atoms with E-state index in [0.29, 0.717) is 34.2 Å². The van der Waals surface area contributed by atoms with Gasteiger partial charge in [-0.25, -0.2) is 4.99 Å². The minimum Gasteiger partial charge on any atom is -0.495 e. The molecular formula is C19H21N5O3S. The fourth-order valence-corrected chi connectivity index (χ4v) is 3.74. The van der Waals surface area contributed by atoms with Gasteiger partial charge in [0.2, 0.25) is 5.91 Å². The highest BCUT2D eigenvalue weighted by Crippen LogP contribution is 2.31. The third-order valence-corrected chi connectivity index (χ3v) is 5.19. The second-order valence-electron chi connectivity index (χ2n) is 6.29. The third kappa shape index (κ3) is 4.10. The number of ether oxygens (including phenoxy) is 1. The number of nitrogens with two attached hydrogens (primary N) is 3. The molecule has 0 radical (unpaired) electrons.